The molecule has 8 nitrogen and oxygen atoms in total. The first-order valence-electron chi connectivity index (χ1n) is 10.0. The minimum atomic E-state index is 0.0965. The Morgan fingerprint density at radius 1 is 1.28 bits per heavy atom. The maximum atomic E-state index is 13.2. The lowest BCUT2D eigenvalue weighted by atomic mass is 9.91. The van der Waals surface area contributed by atoms with Gasteiger partial charge < -0.3 is 18.9 Å². The van der Waals surface area contributed by atoms with Gasteiger partial charge in [0.05, 0.1) is 38.3 Å². The van der Waals surface area contributed by atoms with E-state index in [4.69, 9.17) is 14.0 Å². The molecule has 8 heteroatoms. The molecule has 2 aliphatic heterocycles. The summed E-state index contributed by atoms with van der Waals surface area (Å²) in [5.74, 6) is 2.44. The van der Waals surface area contributed by atoms with Crippen LogP contribution in [0.2, 0.25) is 0 Å². The average Bonchev–Trinajstić information content (AvgIpc) is 3.47. The normalized spacial score (nSPS) is 24.1. The number of amides is 1. The molecule has 0 saturated carbocycles. The highest BCUT2D eigenvalue weighted by Gasteiger charge is 2.42. The zero-order valence-electron chi connectivity index (χ0n) is 17.1. The number of benzene rings is 1. The molecule has 3 heterocycles. The Bertz CT molecular complexity index is 868. The second kappa shape index (κ2) is 8.42. The maximum absolute atomic E-state index is 13.2. The number of ether oxygens (including phenoxy) is 2. The standard InChI is InChI=1S/C21H28N4O4/c1-13-9-18(29-24-13)15-12-22-23-21(15)16-5-4-8-25(16)20(26)11-14-6-7-17(27-2)19(10-14)28-3/h6-7,9-10,15-16,21-23H,4-5,8,11-12H2,1-3H3. The molecule has 156 valence electrons. The third kappa shape index (κ3) is 3.95. The summed E-state index contributed by atoms with van der Waals surface area (Å²) in [6.45, 7) is 3.46. The summed E-state index contributed by atoms with van der Waals surface area (Å²) in [6, 6.07) is 7.83. The van der Waals surface area contributed by atoms with E-state index >= 15 is 0 Å². The second-order valence-electron chi connectivity index (χ2n) is 7.69. The number of likely N-dealkylation sites (tertiary alicyclic amines) is 1. The first-order chi connectivity index (χ1) is 14.1. The lowest BCUT2D eigenvalue weighted by Gasteiger charge is -2.31. The molecule has 2 aliphatic rings. The van der Waals surface area contributed by atoms with Crippen LogP contribution in [0.3, 0.4) is 0 Å². The van der Waals surface area contributed by atoms with Gasteiger partial charge in [0.1, 0.15) is 5.76 Å². The van der Waals surface area contributed by atoms with E-state index in [0.717, 1.165) is 42.9 Å². The summed E-state index contributed by atoms with van der Waals surface area (Å²) in [6.07, 6.45) is 2.31. The van der Waals surface area contributed by atoms with Crippen LogP contribution in [-0.2, 0) is 11.2 Å². The molecular formula is C21H28N4O4. The van der Waals surface area contributed by atoms with Crippen molar-refractivity contribution in [1.29, 1.82) is 0 Å². The van der Waals surface area contributed by atoms with Crippen molar-refractivity contribution in [2.45, 2.75) is 44.2 Å². The van der Waals surface area contributed by atoms with Crippen molar-refractivity contribution in [3.63, 3.8) is 0 Å². The molecule has 2 saturated heterocycles. The van der Waals surface area contributed by atoms with Crippen molar-refractivity contribution >= 4 is 5.91 Å². The summed E-state index contributed by atoms with van der Waals surface area (Å²) >= 11 is 0. The van der Waals surface area contributed by atoms with Crippen LogP contribution in [0.1, 0.15) is 35.8 Å². The van der Waals surface area contributed by atoms with Crippen LogP contribution < -0.4 is 20.3 Å². The molecule has 0 aliphatic carbocycles. The number of nitrogens with one attached hydrogen (secondary N) is 2. The van der Waals surface area contributed by atoms with Crippen LogP contribution in [0.25, 0.3) is 0 Å². The van der Waals surface area contributed by atoms with E-state index in [-0.39, 0.29) is 23.9 Å². The average molecular weight is 400 g/mol. The van der Waals surface area contributed by atoms with Gasteiger partial charge in [0.2, 0.25) is 5.91 Å². The monoisotopic (exact) mass is 400 g/mol. The number of carbonyl (C=O) groups is 1. The first kappa shape index (κ1) is 19.7. The highest BCUT2D eigenvalue weighted by Crippen LogP contribution is 2.33. The van der Waals surface area contributed by atoms with Gasteiger partial charge in [0.15, 0.2) is 11.5 Å². The van der Waals surface area contributed by atoms with Gasteiger partial charge in [-0.3, -0.25) is 15.6 Å². The Balaban J connectivity index is 1.48. The third-order valence-corrected chi connectivity index (χ3v) is 5.87. The van der Waals surface area contributed by atoms with Crippen molar-refractivity contribution in [3.05, 3.63) is 41.3 Å². The van der Waals surface area contributed by atoms with Gasteiger partial charge in [-0.1, -0.05) is 11.2 Å². The van der Waals surface area contributed by atoms with Gasteiger partial charge in [0.25, 0.3) is 0 Å². The Kier molecular flexibility index (Phi) is 5.73. The molecule has 0 spiro atoms. The number of rotatable bonds is 6. The lowest BCUT2D eigenvalue weighted by Crippen LogP contribution is -2.50. The largest absolute Gasteiger partial charge is 0.493 e. The van der Waals surface area contributed by atoms with E-state index in [9.17, 15) is 4.79 Å². The van der Waals surface area contributed by atoms with Crippen LogP contribution >= 0.6 is 0 Å². The van der Waals surface area contributed by atoms with E-state index in [1.165, 1.54) is 0 Å². The molecule has 0 bridgehead atoms. The number of aromatic nitrogens is 1. The Morgan fingerprint density at radius 3 is 2.83 bits per heavy atom. The van der Waals surface area contributed by atoms with Gasteiger partial charge in [-0.05, 0) is 37.5 Å². The molecule has 3 atom stereocenters. The highest BCUT2D eigenvalue weighted by molar-refractivity contribution is 5.79. The van der Waals surface area contributed by atoms with Crippen LogP contribution in [-0.4, -0.2) is 55.4 Å². The number of methoxy groups -OCH3 is 2. The Labute approximate surface area is 170 Å². The van der Waals surface area contributed by atoms with E-state index in [0.29, 0.717) is 17.9 Å². The van der Waals surface area contributed by atoms with Gasteiger partial charge >= 0.3 is 0 Å². The molecule has 1 aromatic heterocycles. The first-order valence-corrected chi connectivity index (χ1v) is 10.0. The van der Waals surface area contributed by atoms with Crippen molar-refractivity contribution < 1.29 is 18.8 Å². The summed E-state index contributed by atoms with van der Waals surface area (Å²) in [7, 11) is 3.21. The molecule has 4 rings (SSSR count). The number of carbonyl (C=O) groups excluding carboxylic acids is 1. The molecule has 3 unspecified atom stereocenters. The molecule has 0 radical (unpaired) electrons. The van der Waals surface area contributed by atoms with Gasteiger partial charge in [-0.15, -0.1) is 0 Å². The smallest absolute Gasteiger partial charge is 0.227 e. The van der Waals surface area contributed by atoms with E-state index in [1.807, 2.05) is 36.1 Å². The topological polar surface area (TPSA) is 88.9 Å². The number of hydrogen-bond acceptors (Lipinski definition) is 7. The van der Waals surface area contributed by atoms with E-state index < -0.39 is 0 Å². The Morgan fingerprint density at radius 2 is 2.10 bits per heavy atom. The molecule has 2 aromatic rings. The molecule has 29 heavy (non-hydrogen) atoms. The van der Waals surface area contributed by atoms with Gasteiger partial charge in [-0.2, -0.15) is 0 Å². The number of nitrogens with zero attached hydrogens (tertiary/aromatic N) is 2. The molecule has 2 N–H and O–H groups in total. The van der Waals surface area contributed by atoms with Gasteiger partial charge in [-0.25, -0.2) is 0 Å². The number of hydrogen-bond donors (Lipinski definition) is 2. The summed E-state index contributed by atoms with van der Waals surface area (Å²) in [4.78, 5) is 15.2. The fraction of sp³-hybridized carbons (Fsp3) is 0.524. The second-order valence-corrected chi connectivity index (χ2v) is 7.69. The molecular weight excluding hydrogens is 372 g/mol. The van der Waals surface area contributed by atoms with Crippen molar-refractivity contribution in [2.75, 3.05) is 27.3 Å². The van der Waals surface area contributed by atoms with E-state index in [1.54, 1.807) is 14.2 Å². The molecule has 1 amide bonds. The molecule has 2 fully saturated rings. The quantitative estimate of drug-likeness (QED) is 0.764. The molecule has 1 aromatic carbocycles. The fourth-order valence-corrected chi connectivity index (χ4v) is 4.46. The third-order valence-electron chi connectivity index (χ3n) is 5.87. The fourth-order valence-electron chi connectivity index (χ4n) is 4.46. The Hall–Kier alpha value is -2.58. The number of aryl methyl sites for hydroxylation is 1. The minimum Gasteiger partial charge on any atom is -0.493 e. The lowest BCUT2D eigenvalue weighted by molar-refractivity contribution is -0.131. The van der Waals surface area contributed by atoms with Crippen LogP contribution in [0.4, 0.5) is 0 Å². The SMILES string of the molecule is COc1ccc(CC(=O)N2CCCC2C2NNCC2c2cc(C)no2)cc1OC. The summed E-state index contributed by atoms with van der Waals surface area (Å²) in [5, 5.41) is 4.03. The van der Waals surface area contributed by atoms with Crippen molar-refractivity contribution in [3.8, 4) is 11.5 Å². The maximum Gasteiger partial charge on any atom is 0.227 e. The van der Waals surface area contributed by atoms with Crippen molar-refractivity contribution in [2.24, 2.45) is 0 Å². The zero-order valence-corrected chi connectivity index (χ0v) is 17.1. The van der Waals surface area contributed by atoms with Crippen LogP contribution in [0, 0.1) is 6.92 Å². The summed E-state index contributed by atoms with van der Waals surface area (Å²) in [5.41, 5.74) is 8.40. The minimum absolute atomic E-state index is 0.0965. The van der Waals surface area contributed by atoms with Crippen LogP contribution in [0.15, 0.2) is 28.8 Å². The summed E-state index contributed by atoms with van der Waals surface area (Å²) < 4.78 is 16.2. The van der Waals surface area contributed by atoms with Crippen molar-refractivity contribution in [1.82, 2.24) is 20.9 Å². The predicted octanol–water partition coefficient (Wildman–Crippen LogP) is 1.79. The van der Waals surface area contributed by atoms with Crippen LogP contribution in [0.5, 0.6) is 11.5 Å². The van der Waals surface area contributed by atoms with E-state index in [2.05, 4.69) is 16.0 Å². The van der Waals surface area contributed by atoms with Gasteiger partial charge in [0, 0.05) is 25.2 Å². The zero-order chi connectivity index (χ0) is 20.4. The number of hydrazine groups is 1. The predicted molar refractivity (Wildman–Crippen MR) is 107 cm³/mol. The highest BCUT2D eigenvalue weighted by atomic mass is 16.5.